The molecule has 2 N–H and O–H groups in total. The third-order valence-electron chi connectivity index (χ3n) is 5.05. The normalized spacial score (nSPS) is 12.3. The Bertz CT molecular complexity index is 1160. The first-order valence-corrected chi connectivity index (χ1v) is 10.2. The minimum atomic E-state index is -0.749. The lowest BCUT2D eigenvalue weighted by Gasteiger charge is -2.13. The summed E-state index contributed by atoms with van der Waals surface area (Å²) in [6.45, 7) is 0.626. The topological polar surface area (TPSA) is 140 Å². The second kappa shape index (κ2) is 10.6. The number of esters is 2. The molecular weight excluding hydrogens is 446 g/mol. The highest BCUT2D eigenvalue weighted by Crippen LogP contribution is 2.26. The lowest BCUT2D eigenvalue weighted by Crippen LogP contribution is -2.31. The fraction of sp³-hybridized carbons (Fsp3) is 0.261. The summed E-state index contributed by atoms with van der Waals surface area (Å²) in [6.07, 6.45) is 0.503. The van der Waals surface area contributed by atoms with E-state index >= 15 is 0 Å². The lowest BCUT2D eigenvalue weighted by atomic mass is 10.1. The summed E-state index contributed by atoms with van der Waals surface area (Å²) < 4.78 is 14.3. The Balaban J connectivity index is 1.78. The number of nitrogens with zero attached hydrogens (tertiary/aromatic N) is 1. The first-order valence-electron chi connectivity index (χ1n) is 10.2. The number of anilines is 2. The molecule has 0 fully saturated rings. The summed E-state index contributed by atoms with van der Waals surface area (Å²) in [5.74, 6) is -2.24. The molecule has 0 bridgehead atoms. The zero-order valence-corrected chi connectivity index (χ0v) is 18.8. The molecule has 2 aromatic rings. The van der Waals surface area contributed by atoms with Crippen LogP contribution in [0.1, 0.15) is 47.9 Å². The van der Waals surface area contributed by atoms with E-state index in [2.05, 4.69) is 15.4 Å². The molecule has 1 heterocycles. The molecule has 0 unspecified atom stereocenters. The summed E-state index contributed by atoms with van der Waals surface area (Å²) >= 11 is 0. The van der Waals surface area contributed by atoms with Crippen molar-refractivity contribution in [1.82, 2.24) is 4.90 Å². The quantitative estimate of drug-likeness (QED) is 0.341. The van der Waals surface area contributed by atoms with E-state index in [9.17, 15) is 24.0 Å². The van der Waals surface area contributed by atoms with Crippen molar-refractivity contribution in [3.8, 4) is 0 Å². The van der Waals surface area contributed by atoms with Crippen LogP contribution in [-0.2, 0) is 14.2 Å². The van der Waals surface area contributed by atoms with Gasteiger partial charge < -0.3 is 24.8 Å². The molecule has 0 saturated heterocycles. The maximum atomic E-state index is 12.7. The van der Waals surface area contributed by atoms with Crippen LogP contribution in [0.3, 0.4) is 0 Å². The first kappa shape index (κ1) is 24.4. The second-order valence-corrected chi connectivity index (χ2v) is 7.19. The SMILES string of the molecule is COCCCN1C(=O)c2ccc(NC(=O)Nc3cc(C(=O)OC)ccc3C(=O)OC)cc2C1=O. The molecule has 1 aliphatic rings. The van der Waals surface area contributed by atoms with Gasteiger partial charge in [-0.2, -0.15) is 0 Å². The van der Waals surface area contributed by atoms with E-state index in [1.54, 1.807) is 0 Å². The minimum absolute atomic E-state index is 0.0176. The highest BCUT2D eigenvalue weighted by molar-refractivity contribution is 6.22. The van der Waals surface area contributed by atoms with Crippen LogP contribution >= 0.6 is 0 Å². The Labute approximate surface area is 195 Å². The predicted molar refractivity (Wildman–Crippen MR) is 120 cm³/mol. The molecule has 178 valence electrons. The van der Waals surface area contributed by atoms with Gasteiger partial charge in [0.15, 0.2) is 0 Å². The lowest BCUT2D eigenvalue weighted by molar-refractivity contribution is 0.0587. The van der Waals surface area contributed by atoms with Gasteiger partial charge in [-0.25, -0.2) is 14.4 Å². The van der Waals surface area contributed by atoms with Crippen LogP contribution in [0.2, 0.25) is 0 Å². The maximum absolute atomic E-state index is 12.7. The number of fused-ring (bicyclic) bond motifs is 1. The molecule has 11 nitrogen and oxygen atoms in total. The zero-order valence-electron chi connectivity index (χ0n) is 18.8. The van der Waals surface area contributed by atoms with Crippen molar-refractivity contribution < 1.29 is 38.2 Å². The molecule has 3 rings (SSSR count). The standard InChI is InChI=1S/C23H23N3O8/c1-32-10-4-9-26-19(27)15-8-6-14(12-17(15)20(26)28)24-23(31)25-18-11-13(21(29)33-2)5-7-16(18)22(30)34-3/h5-8,11-12H,4,9-10H2,1-3H3,(H2,24,25,31). The number of carbonyl (C=O) groups excluding carboxylic acids is 5. The van der Waals surface area contributed by atoms with Crippen molar-refractivity contribution in [2.24, 2.45) is 0 Å². The molecular formula is C23H23N3O8. The van der Waals surface area contributed by atoms with Gasteiger partial charge >= 0.3 is 18.0 Å². The van der Waals surface area contributed by atoms with Crippen molar-refractivity contribution in [3.05, 3.63) is 58.7 Å². The Morgan fingerprint density at radius 3 is 2.24 bits per heavy atom. The van der Waals surface area contributed by atoms with Gasteiger partial charge in [0.2, 0.25) is 0 Å². The van der Waals surface area contributed by atoms with Gasteiger partial charge in [0, 0.05) is 25.9 Å². The molecule has 0 radical (unpaired) electrons. The average Bonchev–Trinajstić information content (AvgIpc) is 3.07. The van der Waals surface area contributed by atoms with Gasteiger partial charge in [0.1, 0.15) is 0 Å². The van der Waals surface area contributed by atoms with Crippen LogP contribution in [-0.4, -0.2) is 69.2 Å². The average molecular weight is 469 g/mol. The highest BCUT2D eigenvalue weighted by Gasteiger charge is 2.35. The molecule has 34 heavy (non-hydrogen) atoms. The van der Waals surface area contributed by atoms with E-state index in [0.29, 0.717) is 13.0 Å². The summed E-state index contributed by atoms with van der Waals surface area (Å²) in [4.78, 5) is 62.8. The summed E-state index contributed by atoms with van der Waals surface area (Å²) in [7, 11) is 3.92. The van der Waals surface area contributed by atoms with E-state index in [1.165, 1.54) is 57.7 Å². The number of benzene rings is 2. The fourth-order valence-corrected chi connectivity index (χ4v) is 3.40. The van der Waals surface area contributed by atoms with Crippen LogP contribution in [0.4, 0.5) is 16.2 Å². The minimum Gasteiger partial charge on any atom is -0.465 e. The Morgan fingerprint density at radius 1 is 0.853 bits per heavy atom. The molecule has 2 aromatic carbocycles. The number of rotatable bonds is 8. The number of hydrogen-bond donors (Lipinski definition) is 2. The monoisotopic (exact) mass is 469 g/mol. The Kier molecular flexibility index (Phi) is 7.59. The largest absolute Gasteiger partial charge is 0.465 e. The summed E-state index contributed by atoms with van der Waals surface area (Å²) in [5.41, 5.74) is 0.812. The molecule has 11 heteroatoms. The van der Waals surface area contributed by atoms with Gasteiger partial charge in [-0.05, 0) is 42.8 Å². The number of urea groups is 1. The maximum Gasteiger partial charge on any atom is 0.339 e. The van der Waals surface area contributed by atoms with Gasteiger partial charge in [0.05, 0.1) is 42.2 Å². The first-order chi connectivity index (χ1) is 16.3. The van der Waals surface area contributed by atoms with Crippen LogP contribution in [0.15, 0.2) is 36.4 Å². The van der Waals surface area contributed by atoms with Gasteiger partial charge in [-0.15, -0.1) is 0 Å². The summed E-state index contributed by atoms with van der Waals surface area (Å²) in [5, 5.41) is 5.04. The third kappa shape index (κ3) is 5.04. The molecule has 1 aliphatic heterocycles. The number of methoxy groups -OCH3 is 3. The Morgan fingerprint density at radius 2 is 1.56 bits per heavy atom. The number of ether oxygens (including phenoxy) is 3. The van der Waals surface area contributed by atoms with E-state index in [0.717, 1.165) is 4.90 Å². The van der Waals surface area contributed by atoms with Crippen LogP contribution in [0, 0.1) is 0 Å². The van der Waals surface area contributed by atoms with Crippen molar-refractivity contribution in [2.75, 3.05) is 45.1 Å². The highest BCUT2D eigenvalue weighted by atomic mass is 16.5. The molecule has 0 aliphatic carbocycles. The summed E-state index contributed by atoms with van der Waals surface area (Å²) in [6, 6.07) is 7.56. The number of hydrogen-bond acceptors (Lipinski definition) is 8. The van der Waals surface area contributed by atoms with Gasteiger partial charge in [-0.1, -0.05) is 0 Å². The van der Waals surface area contributed by atoms with Crippen molar-refractivity contribution in [1.29, 1.82) is 0 Å². The van der Waals surface area contributed by atoms with Gasteiger partial charge in [-0.3, -0.25) is 14.5 Å². The van der Waals surface area contributed by atoms with E-state index < -0.39 is 29.8 Å². The number of amides is 4. The zero-order chi connectivity index (χ0) is 24.8. The van der Waals surface area contributed by atoms with Crippen LogP contribution in [0.25, 0.3) is 0 Å². The van der Waals surface area contributed by atoms with Crippen LogP contribution in [0.5, 0.6) is 0 Å². The molecule has 0 saturated carbocycles. The van der Waals surface area contributed by atoms with Crippen molar-refractivity contribution in [2.45, 2.75) is 6.42 Å². The molecule has 4 amide bonds. The number of nitrogens with one attached hydrogen (secondary N) is 2. The van der Waals surface area contributed by atoms with Gasteiger partial charge in [0.25, 0.3) is 11.8 Å². The Hall–Kier alpha value is -4.25. The second-order valence-electron chi connectivity index (χ2n) is 7.19. The van der Waals surface area contributed by atoms with E-state index in [-0.39, 0.29) is 40.2 Å². The third-order valence-corrected chi connectivity index (χ3v) is 5.05. The van der Waals surface area contributed by atoms with Crippen molar-refractivity contribution in [3.63, 3.8) is 0 Å². The molecule has 0 aromatic heterocycles. The fourth-order valence-electron chi connectivity index (χ4n) is 3.40. The molecule has 0 spiro atoms. The number of imide groups is 1. The molecule has 0 atom stereocenters. The van der Waals surface area contributed by atoms with Crippen molar-refractivity contribution >= 4 is 41.2 Å². The number of carbonyl (C=O) groups is 5. The van der Waals surface area contributed by atoms with E-state index in [1.807, 2.05) is 0 Å². The predicted octanol–water partition coefficient (Wildman–Crippen LogP) is 2.54. The van der Waals surface area contributed by atoms with Crippen LogP contribution < -0.4 is 10.6 Å². The smallest absolute Gasteiger partial charge is 0.339 e. The van der Waals surface area contributed by atoms with E-state index in [4.69, 9.17) is 9.47 Å².